The van der Waals surface area contributed by atoms with Gasteiger partial charge in [0.2, 0.25) is 0 Å². The number of aromatic amines is 1. The molecule has 2 aromatic rings. The molecule has 0 saturated heterocycles. The Morgan fingerprint density at radius 2 is 2.27 bits per heavy atom. The number of nitrogens with one attached hydrogen (secondary N) is 1. The van der Waals surface area contributed by atoms with E-state index in [1.54, 1.807) is 0 Å². The Labute approximate surface area is 87.0 Å². The molecule has 2 rings (SSSR count). The first-order valence-corrected chi connectivity index (χ1v) is 4.80. The van der Waals surface area contributed by atoms with Crippen LogP contribution in [0.3, 0.4) is 0 Å². The third-order valence-electron chi connectivity index (χ3n) is 2.44. The lowest BCUT2D eigenvalue weighted by Gasteiger charge is -2.02. The highest BCUT2D eigenvalue weighted by Crippen LogP contribution is 2.28. The number of fused-ring (bicyclic) bond motifs is 1. The zero-order valence-electron chi connectivity index (χ0n) is 8.51. The lowest BCUT2D eigenvalue weighted by Crippen LogP contribution is -2.01. The zero-order valence-corrected chi connectivity index (χ0v) is 8.51. The number of ether oxygens (including phenoxy) is 1. The van der Waals surface area contributed by atoms with Gasteiger partial charge in [-0.15, -0.1) is 0 Å². The number of rotatable bonds is 3. The summed E-state index contributed by atoms with van der Waals surface area (Å²) >= 11 is 0. The van der Waals surface area contributed by atoms with Crippen molar-refractivity contribution in [3.63, 3.8) is 0 Å². The van der Waals surface area contributed by atoms with E-state index in [0.29, 0.717) is 12.3 Å². The highest BCUT2D eigenvalue weighted by Gasteiger charge is 2.09. The number of nitrogens with two attached hydrogens (primary N) is 1. The van der Waals surface area contributed by atoms with Gasteiger partial charge >= 0.3 is 0 Å². The van der Waals surface area contributed by atoms with Crippen molar-refractivity contribution < 1.29 is 9.13 Å². The van der Waals surface area contributed by atoms with Gasteiger partial charge < -0.3 is 15.5 Å². The monoisotopic (exact) mass is 208 g/mol. The summed E-state index contributed by atoms with van der Waals surface area (Å²) in [6, 6.07) is 2.87. The predicted molar refractivity (Wildman–Crippen MR) is 57.6 cm³/mol. The number of aromatic nitrogens is 1. The van der Waals surface area contributed by atoms with Crippen molar-refractivity contribution in [1.82, 2.24) is 4.98 Å². The summed E-state index contributed by atoms with van der Waals surface area (Å²) in [6.07, 6.45) is 2.58. The molecule has 0 bridgehead atoms. The molecule has 0 unspecified atom stereocenters. The highest BCUT2D eigenvalue weighted by atomic mass is 19.1. The molecular weight excluding hydrogens is 195 g/mol. The van der Waals surface area contributed by atoms with Gasteiger partial charge in [0.05, 0.1) is 12.6 Å². The summed E-state index contributed by atoms with van der Waals surface area (Å²) in [4.78, 5) is 3.07. The second-order valence-electron chi connectivity index (χ2n) is 3.38. The van der Waals surface area contributed by atoms with Gasteiger partial charge in [0.1, 0.15) is 11.6 Å². The minimum absolute atomic E-state index is 0.294. The lowest BCUT2D eigenvalue weighted by molar-refractivity contribution is 0.416. The average molecular weight is 208 g/mol. The first kappa shape index (κ1) is 9.98. The Morgan fingerprint density at radius 3 is 2.93 bits per heavy atom. The standard InChI is InChI=1S/C11H13FN2O/c1-15-10-5-8(12)4-9-7(2-3-13)6-14-11(9)10/h4-6,14H,2-3,13H2,1H3. The van der Waals surface area contributed by atoms with E-state index < -0.39 is 0 Å². The smallest absolute Gasteiger partial charge is 0.145 e. The minimum Gasteiger partial charge on any atom is -0.494 e. The maximum atomic E-state index is 13.3. The molecule has 0 fully saturated rings. The van der Waals surface area contributed by atoms with E-state index in [9.17, 15) is 4.39 Å². The summed E-state index contributed by atoms with van der Waals surface area (Å²) in [5.41, 5.74) is 7.32. The number of methoxy groups -OCH3 is 1. The fourth-order valence-corrected chi connectivity index (χ4v) is 1.74. The molecule has 80 valence electrons. The van der Waals surface area contributed by atoms with E-state index in [1.165, 1.54) is 19.2 Å². The average Bonchev–Trinajstić information content (AvgIpc) is 2.61. The molecular formula is C11H13FN2O. The number of halogens is 1. The van der Waals surface area contributed by atoms with Crippen LogP contribution in [0, 0.1) is 5.82 Å². The van der Waals surface area contributed by atoms with Crippen LogP contribution in [0.5, 0.6) is 5.75 Å². The van der Waals surface area contributed by atoms with Crippen LogP contribution in [-0.4, -0.2) is 18.6 Å². The number of hydrogen-bond donors (Lipinski definition) is 2. The van der Waals surface area contributed by atoms with Crippen molar-refractivity contribution in [1.29, 1.82) is 0 Å². The molecule has 0 aliphatic rings. The van der Waals surface area contributed by atoms with Crippen molar-refractivity contribution in [2.45, 2.75) is 6.42 Å². The predicted octanol–water partition coefficient (Wildman–Crippen LogP) is 1.82. The van der Waals surface area contributed by atoms with Crippen LogP contribution in [-0.2, 0) is 6.42 Å². The first-order chi connectivity index (χ1) is 7.26. The van der Waals surface area contributed by atoms with Crippen molar-refractivity contribution >= 4 is 10.9 Å². The lowest BCUT2D eigenvalue weighted by atomic mass is 10.1. The molecule has 1 aromatic heterocycles. The Balaban J connectivity index is 2.64. The van der Waals surface area contributed by atoms with E-state index in [4.69, 9.17) is 10.5 Å². The Kier molecular flexibility index (Phi) is 2.60. The Bertz CT molecular complexity index is 479. The summed E-state index contributed by atoms with van der Waals surface area (Å²) < 4.78 is 18.4. The fraction of sp³-hybridized carbons (Fsp3) is 0.273. The fourth-order valence-electron chi connectivity index (χ4n) is 1.74. The van der Waals surface area contributed by atoms with E-state index in [2.05, 4.69) is 4.98 Å². The van der Waals surface area contributed by atoms with Gasteiger partial charge in [0.15, 0.2) is 0 Å². The third kappa shape index (κ3) is 1.68. The molecule has 1 aromatic carbocycles. The molecule has 4 heteroatoms. The SMILES string of the molecule is COc1cc(F)cc2c(CCN)c[nH]c12. The zero-order chi connectivity index (χ0) is 10.8. The molecule has 0 spiro atoms. The largest absolute Gasteiger partial charge is 0.494 e. The molecule has 0 radical (unpaired) electrons. The van der Waals surface area contributed by atoms with Crippen LogP contribution in [0.1, 0.15) is 5.56 Å². The van der Waals surface area contributed by atoms with Gasteiger partial charge in [-0.2, -0.15) is 0 Å². The summed E-state index contributed by atoms with van der Waals surface area (Å²) in [5, 5.41) is 0.845. The topological polar surface area (TPSA) is 51.0 Å². The molecule has 0 aliphatic carbocycles. The van der Waals surface area contributed by atoms with E-state index >= 15 is 0 Å². The molecule has 0 amide bonds. The normalized spacial score (nSPS) is 10.9. The maximum absolute atomic E-state index is 13.3. The van der Waals surface area contributed by atoms with E-state index in [0.717, 1.165) is 22.9 Å². The van der Waals surface area contributed by atoms with Crippen molar-refractivity contribution in [3.05, 3.63) is 29.7 Å². The second kappa shape index (κ2) is 3.90. The van der Waals surface area contributed by atoms with Gasteiger partial charge in [-0.3, -0.25) is 0 Å². The van der Waals surface area contributed by atoms with Crippen LogP contribution < -0.4 is 10.5 Å². The Hall–Kier alpha value is -1.55. The van der Waals surface area contributed by atoms with Crippen molar-refractivity contribution in [3.8, 4) is 5.75 Å². The molecule has 3 nitrogen and oxygen atoms in total. The van der Waals surface area contributed by atoms with Crippen molar-refractivity contribution in [2.75, 3.05) is 13.7 Å². The van der Waals surface area contributed by atoms with Gasteiger partial charge in [0.25, 0.3) is 0 Å². The summed E-state index contributed by atoms with van der Waals surface area (Å²) in [6.45, 7) is 0.547. The number of benzene rings is 1. The molecule has 15 heavy (non-hydrogen) atoms. The second-order valence-corrected chi connectivity index (χ2v) is 3.38. The minimum atomic E-state index is -0.294. The molecule has 3 N–H and O–H groups in total. The third-order valence-corrected chi connectivity index (χ3v) is 2.44. The molecule has 0 atom stereocenters. The van der Waals surface area contributed by atoms with Crippen molar-refractivity contribution in [2.24, 2.45) is 5.73 Å². The first-order valence-electron chi connectivity index (χ1n) is 4.80. The summed E-state index contributed by atoms with van der Waals surface area (Å²) in [7, 11) is 1.53. The van der Waals surface area contributed by atoms with Crippen LogP contribution in [0.4, 0.5) is 4.39 Å². The van der Waals surface area contributed by atoms with Gasteiger partial charge in [-0.25, -0.2) is 4.39 Å². The Morgan fingerprint density at radius 1 is 1.47 bits per heavy atom. The van der Waals surface area contributed by atoms with Crippen LogP contribution in [0.25, 0.3) is 10.9 Å². The van der Waals surface area contributed by atoms with Crippen LogP contribution in [0.2, 0.25) is 0 Å². The molecule has 0 aliphatic heterocycles. The number of hydrogen-bond acceptors (Lipinski definition) is 2. The quantitative estimate of drug-likeness (QED) is 0.808. The van der Waals surface area contributed by atoms with Gasteiger partial charge in [-0.05, 0) is 24.6 Å². The molecule has 1 heterocycles. The maximum Gasteiger partial charge on any atom is 0.145 e. The van der Waals surface area contributed by atoms with E-state index in [1.807, 2.05) is 6.20 Å². The number of H-pyrrole nitrogens is 1. The highest BCUT2D eigenvalue weighted by molar-refractivity contribution is 5.88. The van der Waals surface area contributed by atoms with Crippen LogP contribution in [0.15, 0.2) is 18.3 Å². The molecule has 0 saturated carbocycles. The van der Waals surface area contributed by atoms with Crippen LogP contribution >= 0.6 is 0 Å². The van der Waals surface area contributed by atoms with E-state index in [-0.39, 0.29) is 5.82 Å². The van der Waals surface area contributed by atoms with Gasteiger partial charge in [-0.1, -0.05) is 0 Å². The van der Waals surface area contributed by atoms with Gasteiger partial charge in [0, 0.05) is 17.6 Å². The summed E-state index contributed by atoms with van der Waals surface area (Å²) in [5.74, 6) is 0.227.